The van der Waals surface area contributed by atoms with Crippen LogP contribution in [0.1, 0.15) is 21.5 Å². The third-order valence-electron chi connectivity index (χ3n) is 3.89. The second-order valence-electron chi connectivity index (χ2n) is 6.43. The molecule has 144 valence electrons. The molecule has 7 nitrogen and oxygen atoms in total. The summed E-state index contributed by atoms with van der Waals surface area (Å²) in [6.45, 7) is 3.67. The van der Waals surface area contributed by atoms with Crippen molar-refractivity contribution < 1.29 is 18.0 Å². The molecule has 0 fully saturated rings. The van der Waals surface area contributed by atoms with Gasteiger partial charge in [0.2, 0.25) is 15.9 Å². The molecule has 2 aromatic rings. The Morgan fingerprint density at radius 3 is 2.22 bits per heavy atom. The summed E-state index contributed by atoms with van der Waals surface area (Å²) < 4.78 is 25.0. The highest BCUT2D eigenvalue weighted by Crippen LogP contribution is 2.19. The number of para-hydroxylation sites is 1. The van der Waals surface area contributed by atoms with Crippen molar-refractivity contribution in [2.45, 2.75) is 13.8 Å². The predicted octanol–water partition coefficient (Wildman–Crippen LogP) is 2.39. The molecule has 2 rings (SSSR count). The van der Waals surface area contributed by atoms with Crippen molar-refractivity contribution in [3.63, 3.8) is 0 Å². The zero-order chi connectivity index (χ0) is 20.2. The van der Waals surface area contributed by atoms with Gasteiger partial charge in [0.15, 0.2) is 0 Å². The first-order valence-electron chi connectivity index (χ1n) is 8.26. The maximum absolute atomic E-state index is 12.6. The van der Waals surface area contributed by atoms with Gasteiger partial charge in [0, 0.05) is 24.0 Å². The number of likely N-dealkylation sites (N-methyl/N-ethyl adjacent to an activating group) is 1. The van der Waals surface area contributed by atoms with E-state index in [-0.39, 0.29) is 29.6 Å². The Hall–Kier alpha value is -2.87. The molecule has 0 radical (unpaired) electrons. The topological polar surface area (TPSA) is 95.6 Å². The van der Waals surface area contributed by atoms with Crippen LogP contribution in [-0.4, -0.2) is 45.0 Å². The number of anilines is 2. The van der Waals surface area contributed by atoms with Crippen LogP contribution in [-0.2, 0) is 14.8 Å². The highest BCUT2D eigenvalue weighted by atomic mass is 32.2. The van der Waals surface area contributed by atoms with Crippen molar-refractivity contribution in [1.82, 2.24) is 4.90 Å². The number of hydrogen-bond donors (Lipinski definition) is 2. The quantitative estimate of drug-likeness (QED) is 0.793. The summed E-state index contributed by atoms with van der Waals surface area (Å²) in [7, 11) is -1.92. The molecule has 2 N–H and O–H groups in total. The molecule has 0 aliphatic heterocycles. The van der Waals surface area contributed by atoms with Crippen LogP contribution in [0.25, 0.3) is 0 Å². The van der Waals surface area contributed by atoms with E-state index < -0.39 is 10.0 Å². The van der Waals surface area contributed by atoms with Crippen LogP contribution in [0.15, 0.2) is 42.5 Å². The van der Waals surface area contributed by atoms with Gasteiger partial charge in [-0.3, -0.25) is 14.3 Å². The maximum Gasteiger partial charge on any atom is 0.254 e. The number of hydrogen-bond acceptors (Lipinski definition) is 4. The Balaban J connectivity index is 2.07. The number of nitrogens with one attached hydrogen (secondary N) is 2. The molecule has 0 saturated heterocycles. The fraction of sp³-hybridized carbons (Fsp3) is 0.263. The zero-order valence-corrected chi connectivity index (χ0v) is 16.6. The van der Waals surface area contributed by atoms with Gasteiger partial charge in [-0.15, -0.1) is 0 Å². The molecular formula is C19H23N3O4S. The summed E-state index contributed by atoms with van der Waals surface area (Å²) in [6, 6.07) is 11.8. The number of sulfonamides is 1. The monoisotopic (exact) mass is 389 g/mol. The van der Waals surface area contributed by atoms with Crippen molar-refractivity contribution in [1.29, 1.82) is 0 Å². The average molecular weight is 389 g/mol. The van der Waals surface area contributed by atoms with Gasteiger partial charge in [-0.1, -0.05) is 24.3 Å². The first kappa shape index (κ1) is 20.4. The minimum atomic E-state index is -3.44. The molecule has 0 saturated carbocycles. The number of nitrogens with zero attached hydrogens (tertiary/aromatic N) is 1. The lowest BCUT2D eigenvalue weighted by Gasteiger charge is -2.18. The molecule has 0 aliphatic rings. The Labute approximate surface area is 159 Å². The second kappa shape index (κ2) is 8.22. The lowest BCUT2D eigenvalue weighted by atomic mass is 10.1. The van der Waals surface area contributed by atoms with E-state index in [1.54, 1.807) is 18.2 Å². The van der Waals surface area contributed by atoms with Crippen molar-refractivity contribution >= 4 is 33.2 Å². The maximum atomic E-state index is 12.6. The van der Waals surface area contributed by atoms with Crippen LogP contribution < -0.4 is 10.0 Å². The van der Waals surface area contributed by atoms with Crippen LogP contribution in [0, 0.1) is 13.8 Å². The number of carbonyl (C=O) groups is 2. The minimum Gasteiger partial charge on any atom is -0.332 e. The Kier molecular flexibility index (Phi) is 6.22. The van der Waals surface area contributed by atoms with Crippen molar-refractivity contribution in [2.75, 3.05) is 29.9 Å². The highest BCUT2D eigenvalue weighted by Gasteiger charge is 2.17. The first-order chi connectivity index (χ1) is 12.6. The van der Waals surface area contributed by atoms with E-state index in [4.69, 9.17) is 0 Å². The molecule has 8 heteroatoms. The van der Waals surface area contributed by atoms with Gasteiger partial charge < -0.3 is 10.2 Å². The molecule has 0 spiro atoms. The first-order valence-corrected chi connectivity index (χ1v) is 10.2. The van der Waals surface area contributed by atoms with E-state index in [0.717, 1.165) is 23.1 Å². The van der Waals surface area contributed by atoms with Gasteiger partial charge >= 0.3 is 0 Å². The molecule has 27 heavy (non-hydrogen) atoms. The Morgan fingerprint density at radius 2 is 1.63 bits per heavy atom. The summed E-state index contributed by atoms with van der Waals surface area (Å²) in [5, 5.41) is 2.83. The number of rotatable bonds is 6. The largest absolute Gasteiger partial charge is 0.332 e. The number of aryl methyl sites for hydroxylation is 2. The van der Waals surface area contributed by atoms with Gasteiger partial charge in [-0.2, -0.15) is 0 Å². The van der Waals surface area contributed by atoms with Crippen molar-refractivity contribution in [2.24, 2.45) is 0 Å². The minimum absolute atomic E-state index is 0.129. The summed E-state index contributed by atoms with van der Waals surface area (Å²) in [5.41, 5.74) is 3.19. The molecule has 2 aromatic carbocycles. The van der Waals surface area contributed by atoms with Crippen molar-refractivity contribution in [3.8, 4) is 0 Å². The van der Waals surface area contributed by atoms with E-state index in [1.807, 2.05) is 32.0 Å². The smallest absolute Gasteiger partial charge is 0.254 e. The van der Waals surface area contributed by atoms with Gasteiger partial charge in [-0.05, 0) is 43.2 Å². The number of amides is 2. The van der Waals surface area contributed by atoms with Gasteiger partial charge in [0.05, 0.1) is 12.8 Å². The van der Waals surface area contributed by atoms with Crippen LogP contribution in [0.3, 0.4) is 0 Å². The third-order valence-corrected chi connectivity index (χ3v) is 4.49. The lowest BCUT2D eigenvalue weighted by molar-refractivity contribution is -0.116. The Bertz CT molecular complexity index is 950. The van der Waals surface area contributed by atoms with Crippen LogP contribution in [0.5, 0.6) is 0 Å². The normalized spacial score (nSPS) is 11.0. The van der Waals surface area contributed by atoms with Crippen LogP contribution >= 0.6 is 0 Å². The summed E-state index contributed by atoms with van der Waals surface area (Å²) in [6.07, 6.45) is 1.03. The fourth-order valence-electron chi connectivity index (χ4n) is 2.63. The molecule has 0 heterocycles. The molecule has 0 bridgehead atoms. The number of carbonyl (C=O) groups excluding carboxylic acids is 2. The molecule has 0 unspecified atom stereocenters. The van der Waals surface area contributed by atoms with Gasteiger partial charge in [-0.25, -0.2) is 8.42 Å². The molecular weight excluding hydrogens is 366 g/mol. The Morgan fingerprint density at radius 1 is 1.04 bits per heavy atom. The molecule has 0 atom stereocenters. The zero-order valence-electron chi connectivity index (χ0n) is 15.7. The average Bonchev–Trinajstić information content (AvgIpc) is 2.56. The summed E-state index contributed by atoms with van der Waals surface area (Å²) in [4.78, 5) is 26.2. The molecule has 0 aliphatic carbocycles. The predicted molar refractivity (Wildman–Crippen MR) is 106 cm³/mol. The number of benzene rings is 2. The van der Waals surface area contributed by atoms with E-state index in [0.29, 0.717) is 0 Å². The summed E-state index contributed by atoms with van der Waals surface area (Å²) >= 11 is 0. The third kappa shape index (κ3) is 5.82. The van der Waals surface area contributed by atoms with Crippen LogP contribution in [0.2, 0.25) is 0 Å². The van der Waals surface area contributed by atoms with Crippen molar-refractivity contribution in [3.05, 3.63) is 59.2 Å². The van der Waals surface area contributed by atoms with E-state index in [9.17, 15) is 18.0 Å². The second-order valence-corrected chi connectivity index (χ2v) is 8.18. The van der Waals surface area contributed by atoms with Gasteiger partial charge in [0.25, 0.3) is 5.91 Å². The highest BCUT2D eigenvalue weighted by molar-refractivity contribution is 7.92. The lowest BCUT2D eigenvalue weighted by Crippen LogP contribution is -2.35. The standard InChI is InChI=1S/C19H23N3O4S/c1-13-7-5-8-14(2)18(13)20-17(23)12-22(3)19(24)15-9-6-10-16(11-15)21-27(4,25)26/h5-11,21H,12H2,1-4H3,(H,20,23). The van der Waals surface area contributed by atoms with Gasteiger partial charge in [0.1, 0.15) is 0 Å². The fourth-order valence-corrected chi connectivity index (χ4v) is 3.18. The van der Waals surface area contributed by atoms with E-state index in [1.165, 1.54) is 18.0 Å². The SMILES string of the molecule is Cc1cccc(C)c1NC(=O)CN(C)C(=O)c1cccc(NS(C)(=O)=O)c1. The molecule has 0 aromatic heterocycles. The van der Waals surface area contributed by atoms with E-state index >= 15 is 0 Å². The molecule has 2 amide bonds. The van der Waals surface area contributed by atoms with Crippen LogP contribution in [0.4, 0.5) is 11.4 Å². The summed E-state index contributed by atoms with van der Waals surface area (Å²) in [5.74, 6) is -0.697. The van der Waals surface area contributed by atoms with E-state index in [2.05, 4.69) is 10.0 Å².